The molecule has 0 amide bonds. The van der Waals surface area contributed by atoms with Crippen LogP contribution in [0.15, 0.2) is 24.7 Å². The summed E-state index contributed by atoms with van der Waals surface area (Å²) in [4.78, 5) is 4.12. The van der Waals surface area contributed by atoms with Gasteiger partial charge in [0.1, 0.15) is 0 Å². The number of hydrogen-bond donors (Lipinski definition) is 1. The monoisotopic (exact) mass is 204 g/mol. The molecule has 0 aromatic carbocycles. The molecule has 2 aromatic heterocycles. The van der Waals surface area contributed by atoms with Crippen LogP contribution in [0.25, 0.3) is 10.9 Å². The first kappa shape index (κ1) is 10.2. The molecule has 0 aliphatic carbocycles. The second-order valence-corrected chi connectivity index (χ2v) is 4.55. The van der Waals surface area contributed by atoms with Crippen LogP contribution in [0.1, 0.15) is 19.4 Å². The second-order valence-electron chi connectivity index (χ2n) is 4.55. The molecule has 0 spiro atoms. The number of fused-ring (bicyclic) bond motifs is 1. The van der Waals surface area contributed by atoms with Crippen molar-refractivity contribution in [3.05, 3.63) is 30.2 Å². The van der Waals surface area contributed by atoms with Crippen LogP contribution in [0.4, 0.5) is 0 Å². The van der Waals surface area contributed by atoms with Gasteiger partial charge >= 0.3 is 0 Å². The lowest BCUT2D eigenvalue weighted by Gasteiger charge is -2.25. The quantitative estimate of drug-likeness (QED) is 0.813. The molecular weight excluding hydrogens is 188 g/mol. The van der Waals surface area contributed by atoms with E-state index in [1.807, 2.05) is 26.1 Å². The van der Waals surface area contributed by atoms with Crippen molar-refractivity contribution in [1.82, 2.24) is 9.55 Å². The van der Waals surface area contributed by atoms with Crippen LogP contribution in [0.5, 0.6) is 0 Å². The van der Waals surface area contributed by atoms with Gasteiger partial charge in [-0.2, -0.15) is 0 Å². The average Bonchev–Trinajstić information content (AvgIpc) is 2.58. The molecule has 2 heterocycles. The summed E-state index contributed by atoms with van der Waals surface area (Å²) in [6, 6.07) is 1.99. The zero-order valence-corrected chi connectivity index (χ0v) is 9.36. The van der Waals surface area contributed by atoms with Gasteiger partial charge in [0.2, 0.25) is 0 Å². The fourth-order valence-electron chi connectivity index (χ4n) is 1.81. The molecule has 2 aromatic rings. The zero-order chi connectivity index (χ0) is 11.1. The first-order valence-corrected chi connectivity index (χ1v) is 5.09. The van der Waals surface area contributed by atoms with Crippen molar-refractivity contribution in [3.8, 4) is 0 Å². The molecule has 0 fully saturated rings. The van der Waals surface area contributed by atoms with Crippen molar-refractivity contribution < 1.29 is 5.11 Å². The standard InChI is InChI=1S/C12H16N2O/c1-9-7-14(12(2,3)8-15)11-4-5-13-6-10(9)11/h4-7,15H,8H2,1-3H3. The third-order valence-electron chi connectivity index (χ3n) is 2.84. The Morgan fingerprint density at radius 3 is 2.87 bits per heavy atom. The van der Waals surface area contributed by atoms with Crippen molar-refractivity contribution in [2.45, 2.75) is 26.3 Å². The number of aryl methyl sites for hydroxylation is 1. The van der Waals surface area contributed by atoms with E-state index in [1.54, 1.807) is 6.20 Å². The second kappa shape index (κ2) is 3.35. The Kier molecular flexibility index (Phi) is 2.27. The maximum absolute atomic E-state index is 9.38. The van der Waals surface area contributed by atoms with Crippen LogP contribution in [-0.4, -0.2) is 21.3 Å². The zero-order valence-electron chi connectivity index (χ0n) is 9.36. The summed E-state index contributed by atoms with van der Waals surface area (Å²) in [5.41, 5.74) is 2.05. The highest BCUT2D eigenvalue weighted by atomic mass is 16.3. The summed E-state index contributed by atoms with van der Waals surface area (Å²) in [5.74, 6) is 0. The summed E-state index contributed by atoms with van der Waals surface area (Å²) >= 11 is 0. The molecule has 0 bridgehead atoms. The predicted molar refractivity (Wildman–Crippen MR) is 60.9 cm³/mol. The van der Waals surface area contributed by atoms with Crippen molar-refractivity contribution in [3.63, 3.8) is 0 Å². The SMILES string of the molecule is Cc1cn(C(C)(C)CO)c2ccncc12. The summed E-state index contributed by atoms with van der Waals surface area (Å²) in [6.07, 6.45) is 5.73. The lowest BCUT2D eigenvalue weighted by molar-refractivity contribution is 0.168. The number of hydrogen-bond acceptors (Lipinski definition) is 2. The van der Waals surface area contributed by atoms with E-state index < -0.39 is 0 Å². The van der Waals surface area contributed by atoms with Crippen LogP contribution >= 0.6 is 0 Å². The minimum absolute atomic E-state index is 0.124. The normalized spacial score (nSPS) is 12.3. The van der Waals surface area contributed by atoms with Crippen molar-refractivity contribution in [2.75, 3.05) is 6.61 Å². The van der Waals surface area contributed by atoms with Crippen molar-refractivity contribution in [2.24, 2.45) is 0 Å². The number of rotatable bonds is 2. The molecule has 3 nitrogen and oxygen atoms in total. The maximum Gasteiger partial charge on any atom is 0.0661 e. The van der Waals surface area contributed by atoms with Gasteiger partial charge < -0.3 is 9.67 Å². The number of nitrogens with zero attached hydrogens (tertiary/aromatic N) is 2. The maximum atomic E-state index is 9.38. The number of aliphatic hydroxyl groups is 1. The predicted octanol–water partition coefficient (Wildman–Crippen LogP) is 2.07. The minimum Gasteiger partial charge on any atom is -0.394 e. The van der Waals surface area contributed by atoms with Gasteiger partial charge in [0.05, 0.1) is 17.7 Å². The van der Waals surface area contributed by atoms with Crippen LogP contribution in [0.2, 0.25) is 0 Å². The molecule has 0 aliphatic heterocycles. The Balaban J connectivity index is 2.72. The molecule has 2 rings (SSSR count). The largest absolute Gasteiger partial charge is 0.394 e. The van der Waals surface area contributed by atoms with Gasteiger partial charge in [-0.3, -0.25) is 4.98 Å². The highest BCUT2D eigenvalue weighted by molar-refractivity contribution is 5.82. The first-order chi connectivity index (χ1) is 7.06. The van der Waals surface area contributed by atoms with E-state index >= 15 is 0 Å². The van der Waals surface area contributed by atoms with Gasteiger partial charge in [-0.15, -0.1) is 0 Å². The van der Waals surface area contributed by atoms with Gasteiger partial charge in [-0.1, -0.05) is 0 Å². The molecule has 0 radical (unpaired) electrons. The van der Waals surface area contributed by atoms with Gasteiger partial charge in [-0.05, 0) is 32.4 Å². The third kappa shape index (κ3) is 1.53. The average molecular weight is 204 g/mol. The lowest BCUT2D eigenvalue weighted by Crippen LogP contribution is -2.29. The molecule has 0 saturated heterocycles. The molecule has 0 unspecified atom stereocenters. The van der Waals surface area contributed by atoms with E-state index in [1.165, 1.54) is 5.56 Å². The lowest BCUT2D eigenvalue weighted by atomic mass is 10.1. The Labute approximate surface area is 89.4 Å². The van der Waals surface area contributed by atoms with Crippen LogP contribution in [0.3, 0.4) is 0 Å². The molecular formula is C12H16N2O. The van der Waals surface area contributed by atoms with E-state index in [-0.39, 0.29) is 12.1 Å². The molecule has 1 N–H and O–H groups in total. The summed E-state index contributed by atoms with van der Waals surface area (Å²) in [6.45, 7) is 6.23. The fourth-order valence-corrected chi connectivity index (χ4v) is 1.81. The Bertz CT molecular complexity index is 485. The van der Waals surface area contributed by atoms with E-state index in [0.29, 0.717) is 0 Å². The fraction of sp³-hybridized carbons (Fsp3) is 0.417. The summed E-state index contributed by atoms with van der Waals surface area (Å²) in [5, 5.41) is 10.5. The van der Waals surface area contributed by atoms with Gasteiger partial charge in [0.25, 0.3) is 0 Å². The van der Waals surface area contributed by atoms with Crippen molar-refractivity contribution in [1.29, 1.82) is 0 Å². The Morgan fingerprint density at radius 1 is 1.47 bits per heavy atom. The summed E-state index contributed by atoms with van der Waals surface area (Å²) in [7, 11) is 0. The highest BCUT2D eigenvalue weighted by Gasteiger charge is 2.21. The van der Waals surface area contributed by atoms with Crippen LogP contribution in [-0.2, 0) is 5.54 Å². The molecule has 0 atom stereocenters. The molecule has 0 aliphatic rings. The minimum atomic E-state index is -0.270. The van der Waals surface area contributed by atoms with E-state index in [0.717, 1.165) is 10.9 Å². The smallest absolute Gasteiger partial charge is 0.0661 e. The molecule has 3 heteroatoms. The highest BCUT2D eigenvalue weighted by Crippen LogP contribution is 2.26. The van der Waals surface area contributed by atoms with Crippen LogP contribution in [0, 0.1) is 6.92 Å². The Hall–Kier alpha value is -1.35. The van der Waals surface area contributed by atoms with Gasteiger partial charge in [-0.25, -0.2) is 0 Å². The molecule has 15 heavy (non-hydrogen) atoms. The Morgan fingerprint density at radius 2 is 2.20 bits per heavy atom. The number of aliphatic hydroxyl groups excluding tert-OH is 1. The summed E-state index contributed by atoms with van der Waals surface area (Å²) < 4.78 is 2.11. The van der Waals surface area contributed by atoms with Gasteiger partial charge in [0, 0.05) is 24.0 Å². The number of pyridine rings is 1. The number of aromatic nitrogens is 2. The third-order valence-corrected chi connectivity index (χ3v) is 2.84. The molecule has 80 valence electrons. The first-order valence-electron chi connectivity index (χ1n) is 5.09. The van der Waals surface area contributed by atoms with Crippen LogP contribution < -0.4 is 0 Å². The van der Waals surface area contributed by atoms with E-state index in [9.17, 15) is 5.11 Å². The van der Waals surface area contributed by atoms with Crippen molar-refractivity contribution >= 4 is 10.9 Å². The molecule has 0 saturated carbocycles. The van der Waals surface area contributed by atoms with E-state index in [2.05, 4.69) is 22.7 Å². The topological polar surface area (TPSA) is 38.0 Å². The van der Waals surface area contributed by atoms with Gasteiger partial charge in [0.15, 0.2) is 0 Å². The van der Waals surface area contributed by atoms with E-state index in [4.69, 9.17) is 0 Å².